The molecule has 2 N–H and O–H groups in total. The number of amides is 1. The number of hydrogen-bond acceptors (Lipinski definition) is 3. The molecule has 1 aromatic rings. The van der Waals surface area contributed by atoms with E-state index in [1.54, 1.807) is 0 Å². The molecule has 1 aliphatic carbocycles. The summed E-state index contributed by atoms with van der Waals surface area (Å²) >= 11 is 0.832. The highest BCUT2D eigenvalue weighted by molar-refractivity contribution is 7.99. The minimum atomic E-state index is -2.52. The highest BCUT2D eigenvalue weighted by Crippen LogP contribution is 2.33. The van der Waals surface area contributed by atoms with Gasteiger partial charge in [-0.15, -0.1) is 11.8 Å². The zero-order chi connectivity index (χ0) is 17.7. The number of aliphatic carboxylic acids is 1. The first-order chi connectivity index (χ1) is 11.4. The molecule has 4 nitrogen and oxygen atoms in total. The molecule has 1 saturated carbocycles. The first-order valence-electron chi connectivity index (χ1n) is 7.61. The topological polar surface area (TPSA) is 66.4 Å². The van der Waals surface area contributed by atoms with Crippen molar-refractivity contribution >= 4 is 29.3 Å². The highest BCUT2D eigenvalue weighted by atomic mass is 32.2. The fourth-order valence-corrected chi connectivity index (χ4v) is 3.50. The van der Waals surface area contributed by atoms with Gasteiger partial charge in [0.05, 0.1) is 17.4 Å². The van der Waals surface area contributed by atoms with Gasteiger partial charge in [0.2, 0.25) is 12.3 Å². The summed E-state index contributed by atoms with van der Waals surface area (Å²) in [6.45, 7) is 0. The van der Waals surface area contributed by atoms with Gasteiger partial charge in [-0.2, -0.15) is 0 Å². The smallest absolute Gasteiger partial charge is 0.306 e. The molecule has 0 spiro atoms. The van der Waals surface area contributed by atoms with Gasteiger partial charge in [-0.1, -0.05) is 6.42 Å². The third kappa shape index (κ3) is 5.15. The molecule has 0 aliphatic heterocycles. The quantitative estimate of drug-likeness (QED) is 0.752. The van der Waals surface area contributed by atoms with E-state index in [1.165, 1.54) is 6.07 Å². The Kier molecular flexibility index (Phi) is 6.53. The molecule has 1 amide bonds. The maximum Gasteiger partial charge on any atom is 0.306 e. The number of carbonyl (C=O) groups is 2. The van der Waals surface area contributed by atoms with Crippen LogP contribution in [0, 0.1) is 17.7 Å². The van der Waals surface area contributed by atoms with Gasteiger partial charge in [0.15, 0.2) is 0 Å². The summed E-state index contributed by atoms with van der Waals surface area (Å²) in [4.78, 5) is 23.8. The molecule has 0 radical (unpaired) electrons. The molecule has 0 aromatic heterocycles. The summed E-state index contributed by atoms with van der Waals surface area (Å²) < 4.78 is 38.2. The van der Waals surface area contributed by atoms with Crippen molar-refractivity contribution in [1.29, 1.82) is 0 Å². The Labute approximate surface area is 141 Å². The lowest BCUT2D eigenvalue weighted by atomic mass is 9.81. The standard InChI is InChI=1S/C16H18F3NO3S/c17-11-4-5-13(24-8-14(18)19)12(7-11)20-15(21)9-2-1-3-10(6-9)16(22)23/h4-5,7,9-10,14H,1-3,6,8H2,(H,20,21)(H,22,23). The fraction of sp³-hybridized carbons (Fsp3) is 0.500. The van der Waals surface area contributed by atoms with Gasteiger partial charge in [0, 0.05) is 10.8 Å². The molecular weight excluding hydrogens is 343 g/mol. The lowest BCUT2D eigenvalue weighted by Gasteiger charge is -2.26. The zero-order valence-electron chi connectivity index (χ0n) is 12.8. The van der Waals surface area contributed by atoms with E-state index in [1.807, 2.05) is 0 Å². The number of thioether (sulfide) groups is 1. The SMILES string of the molecule is O=C(O)C1CCCC(C(=O)Nc2cc(F)ccc2SCC(F)F)C1. The molecular formula is C16H18F3NO3S. The van der Waals surface area contributed by atoms with Crippen LogP contribution in [0.3, 0.4) is 0 Å². The van der Waals surface area contributed by atoms with Crippen molar-refractivity contribution in [3.8, 4) is 0 Å². The normalized spacial score (nSPS) is 20.8. The van der Waals surface area contributed by atoms with E-state index >= 15 is 0 Å². The van der Waals surface area contributed by atoms with Crippen LogP contribution in [0.2, 0.25) is 0 Å². The van der Waals surface area contributed by atoms with E-state index in [-0.39, 0.29) is 12.1 Å². The van der Waals surface area contributed by atoms with Gasteiger partial charge in [-0.3, -0.25) is 9.59 Å². The van der Waals surface area contributed by atoms with E-state index in [2.05, 4.69) is 5.32 Å². The number of halogens is 3. The summed E-state index contributed by atoms with van der Waals surface area (Å²) in [6.07, 6.45) is -0.557. The molecule has 132 valence electrons. The lowest BCUT2D eigenvalue weighted by molar-refractivity contribution is -0.143. The molecule has 2 unspecified atom stereocenters. The highest BCUT2D eigenvalue weighted by Gasteiger charge is 2.31. The minimum absolute atomic E-state index is 0.142. The van der Waals surface area contributed by atoms with Crippen LogP contribution in [0.5, 0.6) is 0 Å². The van der Waals surface area contributed by atoms with E-state index < -0.39 is 41.7 Å². The zero-order valence-corrected chi connectivity index (χ0v) is 13.6. The summed E-state index contributed by atoms with van der Waals surface area (Å²) in [6, 6.07) is 3.58. The number of carboxylic acids is 1. The number of alkyl halides is 2. The number of nitrogens with one attached hydrogen (secondary N) is 1. The van der Waals surface area contributed by atoms with Crippen LogP contribution in [0.25, 0.3) is 0 Å². The number of rotatable bonds is 6. The van der Waals surface area contributed by atoms with Crippen LogP contribution < -0.4 is 5.32 Å². The van der Waals surface area contributed by atoms with Crippen LogP contribution in [-0.4, -0.2) is 29.2 Å². The third-order valence-corrected chi connectivity index (χ3v) is 5.04. The van der Waals surface area contributed by atoms with Crippen molar-refractivity contribution in [3.63, 3.8) is 0 Å². The Morgan fingerprint density at radius 2 is 2.00 bits per heavy atom. The van der Waals surface area contributed by atoms with Crippen molar-refractivity contribution in [3.05, 3.63) is 24.0 Å². The molecule has 8 heteroatoms. The second kappa shape index (κ2) is 8.41. The van der Waals surface area contributed by atoms with Crippen molar-refractivity contribution in [2.75, 3.05) is 11.1 Å². The third-order valence-electron chi connectivity index (χ3n) is 3.96. The second-order valence-electron chi connectivity index (χ2n) is 5.73. The molecule has 2 atom stereocenters. The molecule has 0 saturated heterocycles. The molecule has 0 heterocycles. The Hall–Kier alpha value is -1.70. The van der Waals surface area contributed by atoms with Crippen molar-refractivity contribution < 1.29 is 27.9 Å². The Morgan fingerprint density at radius 3 is 2.67 bits per heavy atom. The number of carbonyl (C=O) groups excluding carboxylic acids is 1. The molecule has 24 heavy (non-hydrogen) atoms. The Balaban J connectivity index is 2.07. The van der Waals surface area contributed by atoms with E-state index in [0.717, 1.165) is 23.9 Å². The predicted octanol–water partition coefficient (Wildman–Crippen LogP) is 4.01. The van der Waals surface area contributed by atoms with Gasteiger partial charge in [-0.05, 0) is 37.5 Å². The van der Waals surface area contributed by atoms with E-state index in [4.69, 9.17) is 5.11 Å². The first kappa shape index (κ1) is 18.6. The van der Waals surface area contributed by atoms with E-state index in [0.29, 0.717) is 24.2 Å². The van der Waals surface area contributed by atoms with Gasteiger partial charge < -0.3 is 10.4 Å². The maximum absolute atomic E-state index is 13.4. The monoisotopic (exact) mass is 361 g/mol. The summed E-state index contributed by atoms with van der Waals surface area (Å²) in [7, 11) is 0. The minimum Gasteiger partial charge on any atom is -0.481 e. The number of hydrogen-bond donors (Lipinski definition) is 2. The molecule has 1 aromatic carbocycles. The summed E-state index contributed by atoms with van der Waals surface area (Å²) in [5, 5.41) is 11.6. The van der Waals surface area contributed by atoms with Crippen LogP contribution in [0.15, 0.2) is 23.1 Å². The van der Waals surface area contributed by atoms with Crippen LogP contribution in [0.4, 0.5) is 18.9 Å². The van der Waals surface area contributed by atoms with Crippen LogP contribution in [-0.2, 0) is 9.59 Å². The van der Waals surface area contributed by atoms with Crippen molar-refractivity contribution in [2.45, 2.75) is 37.0 Å². The fourth-order valence-electron chi connectivity index (χ4n) is 2.77. The second-order valence-corrected chi connectivity index (χ2v) is 6.79. The average molecular weight is 361 g/mol. The Bertz CT molecular complexity index is 612. The first-order valence-corrected chi connectivity index (χ1v) is 8.59. The van der Waals surface area contributed by atoms with Gasteiger partial charge in [0.1, 0.15) is 5.82 Å². The van der Waals surface area contributed by atoms with E-state index in [9.17, 15) is 22.8 Å². The molecule has 2 rings (SSSR count). The van der Waals surface area contributed by atoms with Gasteiger partial charge >= 0.3 is 5.97 Å². The van der Waals surface area contributed by atoms with Crippen molar-refractivity contribution in [1.82, 2.24) is 0 Å². The van der Waals surface area contributed by atoms with Crippen LogP contribution in [0.1, 0.15) is 25.7 Å². The largest absolute Gasteiger partial charge is 0.481 e. The predicted molar refractivity (Wildman–Crippen MR) is 84.8 cm³/mol. The summed E-state index contributed by atoms with van der Waals surface area (Å²) in [5.41, 5.74) is 0.142. The number of benzene rings is 1. The average Bonchev–Trinajstić information content (AvgIpc) is 2.54. The van der Waals surface area contributed by atoms with Gasteiger partial charge in [0.25, 0.3) is 0 Å². The van der Waals surface area contributed by atoms with Gasteiger partial charge in [-0.25, -0.2) is 13.2 Å². The lowest BCUT2D eigenvalue weighted by Crippen LogP contribution is -2.31. The van der Waals surface area contributed by atoms with Crippen LogP contribution >= 0.6 is 11.8 Å². The van der Waals surface area contributed by atoms with Crippen molar-refractivity contribution in [2.24, 2.45) is 11.8 Å². The maximum atomic E-state index is 13.4. The molecule has 1 aliphatic rings. The molecule has 0 bridgehead atoms. The number of carboxylic acid groups (broad SMARTS) is 1. The number of anilines is 1. The molecule has 1 fully saturated rings. The summed E-state index contributed by atoms with van der Waals surface area (Å²) in [5.74, 6) is -3.40. The Morgan fingerprint density at radius 1 is 1.29 bits per heavy atom.